The van der Waals surface area contributed by atoms with Gasteiger partial charge in [0, 0.05) is 18.8 Å². The Morgan fingerprint density at radius 2 is 1.81 bits per heavy atom. The zero-order chi connectivity index (χ0) is 19.9. The van der Waals surface area contributed by atoms with Crippen molar-refractivity contribution in [2.75, 3.05) is 32.1 Å². The highest BCUT2D eigenvalue weighted by molar-refractivity contribution is 7.89. The van der Waals surface area contributed by atoms with Crippen molar-refractivity contribution in [2.24, 2.45) is 0 Å². The van der Waals surface area contributed by atoms with E-state index in [4.69, 9.17) is 9.84 Å². The number of anilines is 1. The Hall–Kier alpha value is -2.62. The number of carboxylic acid groups (broad SMARTS) is 1. The summed E-state index contributed by atoms with van der Waals surface area (Å²) in [6.07, 6.45) is 0.477. The van der Waals surface area contributed by atoms with Gasteiger partial charge in [-0.15, -0.1) is 0 Å². The number of methoxy groups -OCH3 is 1. The number of hydrogen-bond donors (Lipinski definition) is 4. The lowest BCUT2D eigenvalue weighted by Crippen LogP contribution is -2.26. The van der Waals surface area contributed by atoms with Crippen LogP contribution in [0.25, 0.3) is 0 Å². The quantitative estimate of drug-likeness (QED) is 0.479. The first kappa shape index (κ1) is 20.7. The number of ether oxygens (including phenoxy) is 1. The van der Waals surface area contributed by atoms with Gasteiger partial charge < -0.3 is 20.3 Å². The molecule has 4 N–H and O–H groups in total. The highest BCUT2D eigenvalue weighted by Crippen LogP contribution is 2.21. The Morgan fingerprint density at radius 1 is 1.11 bits per heavy atom. The third-order valence-corrected chi connectivity index (χ3v) is 5.28. The van der Waals surface area contributed by atoms with E-state index in [-0.39, 0.29) is 35.8 Å². The molecule has 0 atom stereocenters. The molecule has 0 amide bonds. The molecule has 0 aliphatic rings. The van der Waals surface area contributed by atoms with Gasteiger partial charge in [-0.3, -0.25) is 0 Å². The van der Waals surface area contributed by atoms with Crippen molar-refractivity contribution >= 4 is 21.7 Å². The fourth-order valence-corrected chi connectivity index (χ4v) is 3.48. The van der Waals surface area contributed by atoms with Crippen LogP contribution in [-0.2, 0) is 16.4 Å². The van der Waals surface area contributed by atoms with Crippen molar-refractivity contribution in [3.8, 4) is 5.75 Å². The Labute approximate surface area is 157 Å². The van der Waals surface area contributed by atoms with E-state index in [9.17, 15) is 18.3 Å². The maximum Gasteiger partial charge on any atom is 0.337 e. The average Bonchev–Trinajstić information content (AvgIpc) is 2.66. The van der Waals surface area contributed by atoms with Crippen LogP contribution in [0.3, 0.4) is 0 Å². The highest BCUT2D eigenvalue weighted by Gasteiger charge is 2.18. The zero-order valence-electron chi connectivity index (χ0n) is 14.8. The van der Waals surface area contributed by atoms with Gasteiger partial charge >= 0.3 is 5.97 Å². The van der Waals surface area contributed by atoms with E-state index in [0.29, 0.717) is 6.42 Å². The largest absolute Gasteiger partial charge is 0.497 e. The molecule has 0 aliphatic heterocycles. The first-order valence-electron chi connectivity index (χ1n) is 8.22. The number of benzene rings is 2. The van der Waals surface area contributed by atoms with E-state index in [1.54, 1.807) is 19.2 Å². The predicted octanol–water partition coefficient (Wildman–Crippen LogP) is 1.32. The summed E-state index contributed by atoms with van der Waals surface area (Å²) >= 11 is 0. The normalized spacial score (nSPS) is 11.2. The summed E-state index contributed by atoms with van der Waals surface area (Å²) in [6.45, 7) is 0.153. The molecule has 0 unspecified atom stereocenters. The van der Waals surface area contributed by atoms with Gasteiger partial charge in [0.25, 0.3) is 0 Å². The second-order valence-electron chi connectivity index (χ2n) is 5.66. The van der Waals surface area contributed by atoms with E-state index in [2.05, 4.69) is 10.0 Å². The molecule has 0 aliphatic carbocycles. The van der Waals surface area contributed by atoms with Gasteiger partial charge in [-0.25, -0.2) is 17.9 Å². The first-order valence-corrected chi connectivity index (χ1v) is 9.70. The molecule has 2 aromatic rings. The summed E-state index contributed by atoms with van der Waals surface area (Å²) in [4.78, 5) is 11.3. The number of carbonyl (C=O) groups is 1. The van der Waals surface area contributed by atoms with Crippen LogP contribution in [0.15, 0.2) is 47.4 Å². The highest BCUT2D eigenvalue weighted by atomic mass is 32.2. The van der Waals surface area contributed by atoms with E-state index in [1.807, 2.05) is 12.1 Å². The molecule has 0 radical (unpaired) electrons. The summed E-state index contributed by atoms with van der Waals surface area (Å²) in [5, 5.41) is 20.9. The number of aliphatic hydroxyl groups is 1. The Balaban J connectivity index is 2.08. The van der Waals surface area contributed by atoms with Crippen molar-refractivity contribution in [2.45, 2.75) is 11.3 Å². The standard InChI is InChI=1S/C18H22N2O6S/c1-26-14-4-2-13(3-5-14)8-9-20-27(24,25)15-6-7-17(19-10-11-21)16(12-15)18(22)23/h2-7,12,19-21H,8-11H2,1H3,(H,22,23). The summed E-state index contributed by atoms with van der Waals surface area (Å²) in [7, 11) is -2.28. The number of aliphatic hydroxyl groups excluding tert-OH is 1. The van der Waals surface area contributed by atoms with Gasteiger partial charge in [0.2, 0.25) is 10.0 Å². The molecule has 2 aromatic carbocycles. The smallest absolute Gasteiger partial charge is 0.337 e. The van der Waals surface area contributed by atoms with Crippen LogP contribution in [0.2, 0.25) is 0 Å². The minimum Gasteiger partial charge on any atom is -0.497 e. The SMILES string of the molecule is COc1ccc(CCNS(=O)(=O)c2ccc(NCCO)c(C(=O)O)c2)cc1. The Morgan fingerprint density at radius 3 is 2.41 bits per heavy atom. The molecular formula is C18H22N2O6S. The molecule has 2 rings (SSSR count). The maximum atomic E-state index is 12.4. The van der Waals surface area contributed by atoms with Crippen LogP contribution in [0.1, 0.15) is 15.9 Å². The maximum absolute atomic E-state index is 12.4. The fourth-order valence-electron chi connectivity index (χ4n) is 2.42. The number of hydrogen-bond acceptors (Lipinski definition) is 6. The lowest BCUT2D eigenvalue weighted by Gasteiger charge is -2.12. The Kier molecular flexibility index (Phi) is 7.17. The third kappa shape index (κ3) is 5.68. The van der Waals surface area contributed by atoms with Gasteiger partial charge in [0.15, 0.2) is 0 Å². The molecule has 0 aromatic heterocycles. The van der Waals surface area contributed by atoms with Crippen molar-refractivity contribution < 1.29 is 28.2 Å². The topological polar surface area (TPSA) is 125 Å². The third-order valence-electron chi connectivity index (χ3n) is 3.82. The molecule has 27 heavy (non-hydrogen) atoms. The van der Waals surface area contributed by atoms with Crippen LogP contribution >= 0.6 is 0 Å². The molecule has 0 fully saturated rings. The lowest BCUT2D eigenvalue weighted by molar-refractivity contribution is 0.0697. The monoisotopic (exact) mass is 394 g/mol. The van der Waals surface area contributed by atoms with Crippen LogP contribution in [0, 0.1) is 0 Å². The molecule has 0 spiro atoms. The molecule has 0 saturated carbocycles. The van der Waals surface area contributed by atoms with Crippen molar-refractivity contribution in [3.63, 3.8) is 0 Å². The molecule has 9 heteroatoms. The van der Waals surface area contributed by atoms with Crippen LogP contribution in [-0.4, -0.2) is 51.4 Å². The van der Waals surface area contributed by atoms with Crippen LogP contribution < -0.4 is 14.8 Å². The Bertz CT molecular complexity index is 881. The van der Waals surface area contributed by atoms with Gasteiger partial charge in [-0.1, -0.05) is 12.1 Å². The van der Waals surface area contributed by atoms with Crippen molar-refractivity contribution in [1.29, 1.82) is 0 Å². The van der Waals surface area contributed by atoms with Gasteiger partial charge in [-0.2, -0.15) is 0 Å². The summed E-state index contributed by atoms with van der Waals surface area (Å²) in [6, 6.07) is 11.1. The lowest BCUT2D eigenvalue weighted by atomic mass is 10.1. The van der Waals surface area contributed by atoms with E-state index >= 15 is 0 Å². The van der Waals surface area contributed by atoms with Crippen LogP contribution in [0.5, 0.6) is 5.75 Å². The second kappa shape index (κ2) is 9.36. The van der Waals surface area contributed by atoms with E-state index in [1.165, 1.54) is 12.1 Å². The average molecular weight is 394 g/mol. The molecule has 0 heterocycles. The number of aromatic carboxylic acids is 1. The molecule has 0 bridgehead atoms. The summed E-state index contributed by atoms with van der Waals surface area (Å²) in [5.41, 5.74) is 1.00. The molecule has 8 nitrogen and oxygen atoms in total. The number of rotatable bonds is 10. The summed E-state index contributed by atoms with van der Waals surface area (Å²) in [5.74, 6) is -0.541. The zero-order valence-corrected chi connectivity index (χ0v) is 15.6. The van der Waals surface area contributed by atoms with Crippen molar-refractivity contribution in [3.05, 3.63) is 53.6 Å². The van der Waals surface area contributed by atoms with E-state index in [0.717, 1.165) is 17.4 Å². The molecule has 146 valence electrons. The fraction of sp³-hybridized carbons (Fsp3) is 0.278. The van der Waals surface area contributed by atoms with Gasteiger partial charge in [0.1, 0.15) is 5.75 Å². The number of carboxylic acids is 1. The van der Waals surface area contributed by atoms with Crippen molar-refractivity contribution in [1.82, 2.24) is 4.72 Å². The second-order valence-corrected chi connectivity index (χ2v) is 7.43. The first-order chi connectivity index (χ1) is 12.9. The van der Waals surface area contributed by atoms with E-state index < -0.39 is 16.0 Å². The van der Waals surface area contributed by atoms with Gasteiger partial charge in [-0.05, 0) is 42.3 Å². The minimum atomic E-state index is -3.85. The van der Waals surface area contributed by atoms with Crippen LogP contribution in [0.4, 0.5) is 5.69 Å². The summed E-state index contributed by atoms with van der Waals surface area (Å²) < 4.78 is 32.4. The number of sulfonamides is 1. The minimum absolute atomic E-state index is 0.135. The molecule has 0 saturated heterocycles. The molecular weight excluding hydrogens is 372 g/mol. The van der Waals surface area contributed by atoms with Gasteiger partial charge in [0.05, 0.1) is 24.2 Å². The number of nitrogens with one attached hydrogen (secondary N) is 2. The predicted molar refractivity (Wildman–Crippen MR) is 101 cm³/mol.